The molecule has 21 heavy (non-hydrogen) atoms. The van der Waals surface area contributed by atoms with E-state index in [0.29, 0.717) is 17.3 Å². The molecular formula is C13H17BrClNO4S. The molecule has 5 nitrogen and oxygen atoms in total. The average Bonchev–Trinajstić information content (AvgIpc) is 2.36. The van der Waals surface area contributed by atoms with Gasteiger partial charge in [-0.15, -0.1) is 0 Å². The predicted octanol–water partition coefficient (Wildman–Crippen LogP) is 3.11. The van der Waals surface area contributed by atoms with Crippen LogP contribution < -0.4 is 4.72 Å². The van der Waals surface area contributed by atoms with E-state index in [0.717, 1.165) is 0 Å². The molecule has 0 amide bonds. The van der Waals surface area contributed by atoms with E-state index in [9.17, 15) is 13.2 Å². The van der Waals surface area contributed by atoms with Gasteiger partial charge in [-0.25, -0.2) is 8.42 Å². The Morgan fingerprint density at radius 3 is 2.57 bits per heavy atom. The quantitative estimate of drug-likeness (QED) is 0.747. The summed E-state index contributed by atoms with van der Waals surface area (Å²) in [5.74, 6) is -0.638. The van der Waals surface area contributed by atoms with Crippen molar-refractivity contribution >= 4 is 43.5 Å². The number of methoxy groups -OCH3 is 1. The van der Waals surface area contributed by atoms with Crippen LogP contribution in [0.5, 0.6) is 0 Å². The van der Waals surface area contributed by atoms with Crippen LogP contribution in [0.4, 0.5) is 0 Å². The molecular weight excluding hydrogens is 382 g/mol. The first-order valence-electron chi connectivity index (χ1n) is 6.23. The minimum atomic E-state index is -3.95. The third kappa shape index (κ3) is 4.42. The first-order chi connectivity index (χ1) is 9.66. The van der Waals surface area contributed by atoms with Gasteiger partial charge in [0.1, 0.15) is 10.4 Å². The van der Waals surface area contributed by atoms with E-state index in [4.69, 9.17) is 16.3 Å². The van der Waals surface area contributed by atoms with Gasteiger partial charge in [0.05, 0.1) is 12.1 Å². The zero-order chi connectivity index (χ0) is 16.3. The van der Waals surface area contributed by atoms with Crippen LogP contribution in [-0.2, 0) is 19.6 Å². The summed E-state index contributed by atoms with van der Waals surface area (Å²) in [6.07, 6.45) is 0.926. The van der Waals surface area contributed by atoms with E-state index < -0.39 is 21.5 Å². The molecule has 0 aliphatic rings. The van der Waals surface area contributed by atoms with Crippen LogP contribution in [0.25, 0.3) is 0 Å². The van der Waals surface area contributed by atoms with Gasteiger partial charge >= 0.3 is 5.97 Å². The fourth-order valence-corrected chi connectivity index (χ4v) is 4.39. The van der Waals surface area contributed by atoms with Crippen molar-refractivity contribution in [2.45, 2.75) is 37.1 Å². The van der Waals surface area contributed by atoms with E-state index in [2.05, 4.69) is 20.7 Å². The lowest BCUT2D eigenvalue weighted by Gasteiger charge is -2.27. The van der Waals surface area contributed by atoms with Gasteiger partial charge in [-0.3, -0.25) is 4.79 Å². The number of benzene rings is 1. The van der Waals surface area contributed by atoms with Crippen LogP contribution in [0.15, 0.2) is 27.6 Å². The van der Waals surface area contributed by atoms with Crippen molar-refractivity contribution < 1.29 is 17.9 Å². The van der Waals surface area contributed by atoms with Crippen molar-refractivity contribution in [3.8, 4) is 0 Å². The Hall–Kier alpha value is -0.630. The SMILES string of the molecule is CCCC(C)(NS(=O)(=O)c1ccc(Br)cc1Cl)C(=O)OC. The minimum absolute atomic E-state index is 0.0700. The summed E-state index contributed by atoms with van der Waals surface area (Å²) in [5.41, 5.74) is -1.33. The molecule has 0 saturated carbocycles. The number of hydrogen-bond donors (Lipinski definition) is 1. The van der Waals surface area contributed by atoms with Gasteiger partial charge in [0, 0.05) is 4.47 Å². The molecule has 8 heteroatoms. The highest BCUT2D eigenvalue weighted by molar-refractivity contribution is 9.10. The first kappa shape index (κ1) is 18.4. The maximum Gasteiger partial charge on any atom is 0.326 e. The predicted molar refractivity (Wildman–Crippen MR) is 84.8 cm³/mol. The lowest BCUT2D eigenvalue weighted by Crippen LogP contribution is -2.52. The molecule has 0 heterocycles. The van der Waals surface area contributed by atoms with Gasteiger partial charge in [-0.05, 0) is 31.5 Å². The summed E-state index contributed by atoms with van der Waals surface area (Å²) in [6, 6.07) is 4.42. The van der Waals surface area contributed by atoms with Crippen LogP contribution >= 0.6 is 27.5 Å². The van der Waals surface area contributed by atoms with Gasteiger partial charge in [-0.1, -0.05) is 40.9 Å². The van der Waals surface area contributed by atoms with E-state index in [1.165, 1.54) is 26.2 Å². The van der Waals surface area contributed by atoms with Gasteiger partial charge in [-0.2, -0.15) is 4.72 Å². The summed E-state index contributed by atoms with van der Waals surface area (Å²) in [4.78, 5) is 11.8. The number of rotatable bonds is 6. The lowest BCUT2D eigenvalue weighted by atomic mass is 9.98. The molecule has 118 valence electrons. The Morgan fingerprint density at radius 1 is 1.48 bits per heavy atom. The summed E-state index contributed by atoms with van der Waals surface area (Å²) in [7, 11) is -2.73. The highest BCUT2D eigenvalue weighted by Crippen LogP contribution is 2.27. The van der Waals surface area contributed by atoms with Gasteiger partial charge in [0.25, 0.3) is 0 Å². The number of carbonyl (C=O) groups excluding carboxylic acids is 1. The highest BCUT2D eigenvalue weighted by Gasteiger charge is 2.38. The normalized spacial score (nSPS) is 14.5. The highest BCUT2D eigenvalue weighted by atomic mass is 79.9. The van der Waals surface area contributed by atoms with Crippen LogP contribution in [0, 0.1) is 0 Å². The number of hydrogen-bond acceptors (Lipinski definition) is 4. The Morgan fingerprint density at radius 2 is 2.10 bits per heavy atom. The smallest absolute Gasteiger partial charge is 0.326 e. The molecule has 0 spiro atoms. The molecule has 0 bridgehead atoms. The number of halogens is 2. The van der Waals surface area contributed by atoms with Gasteiger partial charge < -0.3 is 4.74 Å². The molecule has 0 aliphatic heterocycles. The summed E-state index contributed by atoms with van der Waals surface area (Å²) in [6.45, 7) is 3.34. The molecule has 1 rings (SSSR count). The van der Waals surface area contributed by atoms with Crippen molar-refractivity contribution in [3.63, 3.8) is 0 Å². The fraction of sp³-hybridized carbons (Fsp3) is 0.462. The Kier molecular flexibility index (Phi) is 6.22. The zero-order valence-electron chi connectivity index (χ0n) is 11.9. The average molecular weight is 399 g/mol. The number of esters is 1. The molecule has 1 aromatic rings. The second-order valence-corrected chi connectivity index (χ2v) is 7.73. The molecule has 0 saturated heterocycles. The van der Waals surface area contributed by atoms with Crippen LogP contribution in [0.1, 0.15) is 26.7 Å². The number of nitrogens with one attached hydrogen (secondary N) is 1. The monoisotopic (exact) mass is 397 g/mol. The van der Waals surface area contributed by atoms with Crippen LogP contribution in [-0.4, -0.2) is 27.0 Å². The largest absolute Gasteiger partial charge is 0.468 e. The first-order valence-corrected chi connectivity index (χ1v) is 8.89. The molecule has 0 radical (unpaired) electrons. The van der Waals surface area contributed by atoms with E-state index in [-0.39, 0.29) is 9.92 Å². The molecule has 0 aromatic heterocycles. The summed E-state index contributed by atoms with van der Waals surface area (Å²) < 4.78 is 32.7. The second-order valence-electron chi connectivity index (χ2n) is 4.75. The number of sulfonamides is 1. The number of carbonyl (C=O) groups is 1. The molecule has 1 unspecified atom stereocenters. The van der Waals surface area contributed by atoms with Crippen molar-refractivity contribution in [3.05, 3.63) is 27.7 Å². The molecule has 1 N–H and O–H groups in total. The Balaban J connectivity index is 3.21. The van der Waals surface area contributed by atoms with Gasteiger partial charge in [0.2, 0.25) is 10.0 Å². The van der Waals surface area contributed by atoms with Crippen molar-refractivity contribution in [1.82, 2.24) is 4.72 Å². The minimum Gasteiger partial charge on any atom is -0.468 e. The molecule has 1 aromatic carbocycles. The van der Waals surface area contributed by atoms with Crippen molar-refractivity contribution in [2.24, 2.45) is 0 Å². The topological polar surface area (TPSA) is 72.5 Å². The maximum atomic E-state index is 12.5. The molecule has 0 fully saturated rings. The summed E-state index contributed by atoms with van der Waals surface area (Å²) in [5, 5.41) is 0.0700. The number of ether oxygens (including phenoxy) is 1. The maximum absolute atomic E-state index is 12.5. The van der Waals surface area contributed by atoms with E-state index >= 15 is 0 Å². The third-order valence-corrected chi connectivity index (χ3v) is 5.50. The van der Waals surface area contributed by atoms with Crippen molar-refractivity contribution in [2.75, 3.05) is 7.11 Å². The van der Waals surface area contributed by atoms with Crippen molar-refractivity contribution in [1.29, 1.82) is 0 Å². The Bertz CT molecular complexity index is 635. The zero-order valence-corrected chi connectivity index (χ0v) is 15.1. The van der Waals surface area contributed by atoms with Gasteiger partial charge in [0.15, 0.2) is 0 Å². The van der Waals surface area contributed by atoms with Crippen LogP contribution in [0.2, 0.25) is 5.02 Å². The van der Waals surface area contributed by atoms with E-state index in [1.54, 1.807) is 6.07 Å². The third-order valence-electron chi connectivity index (χ3n) is 2.93. The molecule has 1 atom stereocenters. The summed E-state index contributed by atoms with van der Waals surface area (Å²) >= 11 is 9.18. The Labute approximate surface area is 138 Å². The van der Waals surface area contributed by atoms with Crippen LogP contribution in [0.3, 0.4) is 0 Å². The fourth-order valence-electron chi connectivity index (χ4n) is 1.96. The standard InChI is InChI=1S/C13H17BrClNO4S/c1-4-7-13(2,12(17)20-3)16-21(18,19)11-6-5-9(14)8-10(11)15/h5-6,8,16H,4,7H2,1-3H3. The lowest BCUT2D eigenvalue weighted by molar-refractivity contribution is -0.147. The van der Waals surface area contributed by atoms with E-state index in [1.807, 2.05) is 6.92 Å². The molecule has 0 aliphatic carbocycles. The second kappa shape index (κ2) is 7.09.